The van der Waals surface area contributed by atoms with E-state index in [2.05, 4.69) is 13.8 Å². The highest BCUT2D eigenvalue weighted by molar-refractivity contribution is 5.70. The van der Waals surface area contributed by atoms with Crippen molar-refractivity contribution in [3.63, 3.8) is 0 Å². The fraction of sp³-hybridized carbons (Fsp3) is 0.947. The minimum Gasteiger partial charge on any atom is -0.466 e. The van der Waals surface area contributed by atoms with E-state index in [-0.39, 0.29) is 24.8 Å². The average Bonchev–Trinajstić information content (AvgIpc) is 3.00. The van der Waals surface area contributed by atoms with Crippen molar-refractivity contribution in [2.24, 2.45) is 0 Å². The van der Waals surface area contributed by atoms with Gasteiger partial charge in [0.25, 0.3) is 0 Å². The fourth-order valence-electron chi connectivity index (χ4n) is 5.52. The van der Waals surface area contributed by atoms with Crippen molar-refractivity contribution >= 4 is 11.9 Å². The highest BCUT2D eigenvalue weighted by atomic mass is 16.5. The number of rotatable bonds is 36. The Hall–Kier alpha value is -1.10. The van der Waals surface area contributed by atoms with Crippen molar-refractivity contribution in [1.29, 1.82) is 0 Å². The first-order valence-electron chi connectivity index (χ1n) is 19.1. The molecule has 0 aliphatic carbocycles. The van der Waals surface area contributed by atoms with E-state index in [1.165, 1.54) is 154 Å². The standard InChI is InChI=1S/C38H74O5/c1-3-5-7-9-11-13-15-17-19-21-23-25-27-29-33-42-37(39)31-35-41-36-32-38(40)43-34-30-28-26-24-22-20-18-16-14-12-10-8-6-4-2/h3-36H2,1-2H3. The van der Waals surface area contributed by atoms with Crippen LogP contribution in [0.5, 0.6) is 0 Å². The summed E-state index contributed by atoms with van der Waals surface area (Å²) in [5.41, 5.74) is 0. The highest BCUT2D eigenvalue weighted by Gasteiger charge is 2.06. The van der Waals surface area contributed by atoms with Gasteiger partial charge < -0.3 is 14.2 Å². The molecule has 0 rings (SSSR count). The van der Waals surface area contributed by atoms with Crippen molar-refractivity contribution in [1.82, 2.24) is 0 Å². The molecule has 0 aromatic heterocycles. The molecule has 0 bridgehead atoms. The molecule has 0 amide bonds. The molecule has 0 fully saturated rings. The summed E-state index contributed by atoms with van der Waals surface area (Å²) < 4.78 is 16.0. The molecule has 0 spiro atoms. The van der Waals surface area contributed by atoms with Crippen molar-refractivity contribution in [3.05, 3.63) is 0 Å². The van der Waals surface area contributed by atoms with Crippen LogP contribution in [0, 0.1) is 0 Å². The van der Waals surface area contributed by atoms with E-state index >= 15 is 0 Å². The fourth-order valence-corrected chi connectivity index (χ4v) is 5.52. The number of unbranched alkanes of at least 4 members (excludes halogenated alkanes) is 26. The number of hydrogen-bond donors (Lipinski definition) is 0. The first-order valence-corrected chi connectivity index (χ1v) is 19.1. The lowest BCUT2D eigenvalue weighted by atomic mass is 10.0. The van der Waals surface area contributed by atoms with E-state index in [1.54, 1.807) is 0 Å². The monoisotopic (exact) mass is 611 g/mol. The van der Waals surface area contributed by atoms with Gasteiger partial charge >= 0.3 is 11.9 Å². The van der Waals surface area contributed by atoms with E-state index in [9.17, 15) is 9.59 Å². The van der Waals surface area contributed by atoms with Crippen LogP contribution in [0.4, 0.5) is 0 Å². The number of ether oxygens (including phenoxy) is 3. The Labute approximate surface area is 268 Å². The molecule has 256 valence electrons. The zero-order valence-electron chi connectivity index (χ0n) is 29.1. The molecule has 0 aromatic carbocycles. The van der Waals surface area contributed by atoms with Gasteiger partial charge in [-0.3, -0.25) is 9.59 Å². The average molecular weight is 611 g/mol. The normalized spacial score (nSPS) is 11.2. The predicted molar refractivity (Wildman–Crippen MR) is 183 cm³/mol. The molecule has 0 N–H and O–H groups in total. The van der Waals surface area contributed by atoms with E-state index < -0.39 is 0 Å². The molecule has 0 aromatic rings. The smallest absolute Gasteiger partial charge is 0.308 e. The largest absolute Gasteiger partial charge is 0.466 e. The maximum absolute atomic E-state index is 11.8. The Bertz CT molecular complexity index is 517. The van der Waals surface area contributed by atoms with Crippen molar-refractivity contribution < 1.29 is 23.8 Å². The summed E-state index contributed by atoms with van der Waals surface area (Å²) in [5, 5.41) is 0. The van der Waals surface area contributed by atoms with Gasteiger partial charge in [-0.25, -0.2) is 0 Å². The molecular weight excluding hydrogens is 536 g/mol. The lowest BCUT2D eigenvalue weighted by Crippen LogP contribution is -2.12. The van der Waals surface area contributed by atoms with Gasteiger partial charge in [-0.15, -0.1) is 0 Å². The SMILES string of the molecule is CCCCCCCCCCCCCCCCOC(=O)CCOCCC(=O)OCCCCCCCCCCCCCCCC. The van der Waals surface area contributed by atoms with Crippen LogP contribution in [0.3, 0.4) is 0 Å². The Morgan fingerprint density at radius 3 is 0.814 bits per heavy atom. The molecule has 0 unspecified atom stereocenters. The van der Waals surface area contributed by atoms with Gasteiger partial charge in [-0.1, -0.05) is 181 Å². The van der Waals surface area contributed by atoms with Crippen LogP contribution in [0.1, 0.15) is 206 Å². The molecule has 0 radical (unpaired) electrons. The summed E-state index contributed by atoms with van der Waals surface area (Å²) >= 11 is 0. The number of esters is 2. The van der Waals surface area contributed by atoms with Crippen LogP contribution in [0.25, 0.3) is 0 Å². The summed E-state index contributed by atoms with van der Waals surface area (Å²) in [6.07, 6.45) is 37.4. The van der Waals surface area contributed by atoms with Gasteiger partial charge in [0.05, 0.1) is 39.3 Å². The molecule has 5 heteroatoms. The molecule has 0 saturated heterocycles. The molecule has 0 heterocycles. The second-order valence-electron chi connectivity index (χ2n) is 12.7. The van der Waals surface area contributed by atoms with Gasteiger partial charge in [-0.05, 0) is 12.8 Å². The summed E-state index contributed by atoms with van der Waals surface area (Å²) in [5.74, 6) is -0.426. The first-order chi connectivity index (χ1) is 21.2. The predicted octanol–water partition coefficient (Wildman–Crippen LogP) is 11.8. The zero-order chi connectivity index (χ0) is 31.3. The number of hydrogen-bond acceptors (Lipinski definition) is 5. The van der Waals surface area contributed by atoms with Gasteiger partial charge in [0.15, 0.2) is 0 Å². The topological polar surface area (TPSA) is 61.8 Å². The lowest BCUT2D eigenvalue weighted by molar-refractivity contribution is -0.145. The minimum atomic E-state index is -0.213. The van der Waals surface area contributed by atoms with Gasteiger partial charge in [0, 0.05) is 0 Å². The Morgan fingerprint density at radius 2 is 0.558 bits per heavy atom. The maximum atomic E-state index is 11.8. The lowest BCUT2D eigenvalue weighted by Gasteiger charge is -2.07. The van der Waals surface area contributed by atoms with Gasteiger partial charge in [-0.2, -0.15) is 0 Å². The zero-order valence-corrected chi connectivity index (χ0v) is 29.1. The second-order valence-corrected chi connectivity index (χ2v) is 12.7. The van der Waals surface area contributed by atoms with Crippen LogP contribution in [0.2, 0.25) is 0 Å². The van der Waals surface area contributed by atoms with Crippen LogP contribution < -0.4 is 0 Å². The van der Waals surface area contributed by atoms with Crippen molar-refractivity contribution in [2.75, 3.05) is 26.4 Å². The molecule has 0 saturated carbocycles. The molecule has 0 aliphatic rings. The van der Waals surface area contributed by atoms with E-state index in [0.29, 0.717) is 26.4 Å². The number of carbonyl (C=O) groups is 2. The molecule has 43 heavy (non-hydrogen) atoms. The summed E-state index contributed by atoms with van der Waals surface area (Å²) in [6.45, 7) is 6.14. The molecule has 0 atom stereocenters. The van der Waals surface area contributed by atoms with E-state index in [0.717, 1.165) is 25.7 Å². The first kappa shape index (κ1) is 41.9. The van der Waals surface area contributed by atoms with Crippen LogP contribution >= 0.6 is 0 Å². The Morgan fingerprint density at radius 1 is 0.326 bits per heavy atom. The van der Waals surface area contributed by atoms with E-state index in [1.807, 2.05) is 0 Å². The maximum Gasteiger partial charge on any atom is 0.308 e. The summed E-state index contributed by atoms with van der Waals surface area (Å²) in [6, 6.07) is 0. The minimum absolute atomic E-state index is 0.213. The van der Waals surface area contributed by atoms with Gasteiger partial charge in [0.1, 0.15) is 0 Å². The molecular formula is C38H74O5. The van der Waals surface area contributed by atoms with E-state index in [4.69, 9.17) is 14.2 Å². The van der Waals surface area contributed by atoms with Crippen LogP contribution in [-0.2, 0) is 23.8 Å². The highest BCUT2D eigenvalue weighted by Crippen LogP contribution is 2.14. The van der Waals surface area contributed by atoms with Gasteiger partial charge in [0.2, 0.25) is 0 Å². The summed E-state index contributed by atoms with van der Waals surface area (Å²) in [4.78, 5) is 23.7. The van der Waals surface area contributed by atoms with Crippen molar-refractivity contribution in [2.45, 2.75) is 206 Å². The molecule has 5 nitrogen and oxygen atoms in total. The Balaban J connectivity index is 3.25. The third kappa shape index (κ3) is 37.0. The van der Waals surface area contributed by atoms with Crippen molar-refractivity contribution in [3.8, 4) is 0 Å². The third-order valence-corrected chi connectivity index (χ3v) is 8.42. The second kappa shape index (κ2) is 37.1. The quantitative estimate of drug-likeness (QED) is 0.0521. The summed E-state index contributed by atoms with van der Waals surface area (Å²) in [7, 11) is 0. The number of carbonyl (C=O) groups excluding carboxylic acids is 2. The Kier molecular flexibility index (Phi) is 36.1. The van der Waals surface area contributed by atoms with Crippen LogP contribution in [0.15, 0.2) is 0 Å². The third-order valence-electron chi connectivity index (χ3n) is 8.42. The van der Waals surface area contributed by atoms with Crippen LogP contribution in [-0.4, -0.2) is 38.4 Å². The molecule has 0 aliphatic heterocycles.